The Bertz CT molecular complexity index is 1230. The van der Waals surface area contributed by atoms with E-state index in [-0.39, 0.29) is 16.1 Å². The molecule has 2 N–H and O–H groups in total. The fourth-order valence-electron chi connectivity index (χ4n) is 3.65. The van der Waals surface area contributed by atoms with Gasteiger partial charge in [-0.1, -0.05) is 26.0 Å². The lowest BCUT2D eigenvalue weighted by molar-refractivity contribution is 0.0697. The van der Waals surface area contributed by atoms with Gasteiger partial charge in [0, 0.05) is 13.6 Å². The Morgan fingerprint density at radius 2 is 1.82 bits per heavy atom. The van der Waals surface area contributed by atoms with Gasteiger partial charge in [-0.2, -0.15) is 5.10 Å². The van der Waals surface area contributed by atoms with Crippen LogP contribution in [-0.4, -0.2) is 36.3 Å². The summed E-state index contributed by atoms with van der Waals surface area (Å²) >= 11 is 0. The maximum absolute atomic E-state index is 13.1. The van der Waals surface area contributed by atoms with Crippen molar-refractivity contribution in [3.63, 3.8) is 0 Å². The normalized spacial score (nSPS) is 11.4. The standard InChI is InChI=1S/C24H30N4O4S/c1-5-13-28-20(14-17(3)25-28)16-27(4)23-12-9-19(24(29)30)15-22(23)26-33(31,32)21-10-7-18(6-2)8-11-21/h7-12,14-15,26H,5-6,13,16H2,1-4H3,(H,29,30). The molecule has 3 aromatic rings. The van der Waals surface area contributed by atoms with E-state index in [1.165, 1.54) is 12.1 Å². The first-order chi connectivity index (χ1) is 15.6. The summed E-state index contributed by atoms with van der Waals surface area (Å²) in [4.78, 5) is 13.5. The highest BCUT2D eigenvalue weighted by molar-refractivity contribution is 7.92. The summed E-state index contributed by atoms with van der Waals surface area (Å²) in [6.45, 7) is 7.26. The second-order valence-electron chi connectivity index (χ2n) is 8.00. The molecular formula is C24H30N4O4S. The molecule has 0 aliphatic heterocycles. The third-order valence-corrected chi connectivity index (χ3v) is 6.74. The number of aromatic nitrogens is 2. The van der Waals surface area contributed by atoms with Crippen molar-refractivity contribution in [1.29, 1.82) is 0 Å². The van der Waals surface area contributed by atoms with Crippen molar-refractivity contribution in [3.05, 3.63) is 71.0 Å². The van der Waals surface area contributed by atoms with Crippen molar-refractivity contribution in [2.75, 3.05) is 16.7 Å². The van der Waals surface area contributed by atoms with Gasteiger partial charge in [0.15, 0.2) is 0 Å². The highest BCUT2D eigenvalue weighted by Gasteiger charge is 2.20. The first-order valence-corrected chi connectivity index (χ1v) is 12.4. The number of aromatic carboxylic acids is 1. The molecule has 0 radical (unpaired) electrons. The number of nitrogens with zero attached hydrogens (tertiary/aromatic N) is 3. The molecule has 0 amide bonds. The predicted molar refractivity (Wildman–Crippen MR) is 129 cm³/mol. The van der Waals surface area contributed by atoms with Crippen molar-refractivity contribution in [2.45, 2.75) is 51.6 Å². The van der Waals surface area contributed by atoms with Crippen LogP contribution in [0.1, 0.15) is 47.6 Å². The van der Waals surface area contributed by atoms with Crippen molar-refractivity contribution >= 4 is 27.4 Å². The van der Waals surface area contributed by atoms with E-state index in [0.717, 1.165) is 36.3 Å². The lowest BCUT2D eigenvalue weighted by Crippen LogP contribution is -2.22. The summed E-state index contributed by atoms with van der Waals surface area (Å²) in [5.74, 6) is -1.13. The van der Waals surface area contributed by atoms with E-state index in [9.17, 15) is 18.3 Å². The van der Waals surface area contributed by atoms with Crippen LogP contribution >= 0.6 is 0 Å². The lowest BCUT2D eigenvalue weighted by atomic mass is 10.1. The minimum absolute atomic E-state index is 0.00181. The van der Waals surface area contributed by atoms with E-state index in [1.807, 2.05) is 36.5 Å². The zero-order valence-electron chi connectivity index (χ0n) is 19.4. The Kier molecular flexibility index (Phi) is 7.43. The molecule has 0 aliphatic carbocycles. The van der Waals surface area contributed by atoms with Gasteiger partial charge in [0.05, 0.1) is 39.8 Å². The number of aryl methyl sites for hydroxylation is 3. The second kappa shape index (κ2) is 10.1. The summed E-state index contributed by atoms with van der Waals surface area (Å²) in [5.41, 5.74) is 3.69. The van der Waals surface area contributed by atoms with Gasteiger partial charge in [0.1, 0.15) is 0 Å². The van der Waals surface area contributed by atoms with Crippen molar-refractivity contribution < 1.29 is 18.3 Å². The van der Waals surface area contributed by atoms with Crippen molar-refractivity contribution in [1.82, 2.24) is 9.78 Å². The molecule has 1 aromatic heterocycles. The van der Waals surface area contributed by atoms with Crippen LogP contribution in [-0.2, 0) is 29.5 Å². The fraction of sp³-hybridized carbons (Fsp3) is 0.333. The Morgan fingerprint density at radius 3 is 2.42 bits per heavy atom. The van der Waals surface area contributed by atoms with Gasteiger partial charge in [-0.3, -0.25) is 9.40 Å². The van der Waals surface area contributed by atoms with Gasteiger partial charge in [0.25, 0.3) is 10.0 Å². The summed E-state index contributed by atoms with van der Waals surface area (Å²) in [6, 6.07) is 13.1. The van der Waals surface area contributed by atoms with E-state index in [0.29, 0.717) is 12.2 Å². The van der Waals surface area contributed by atoms with Crippen LogP contribution in [0.15, 0.2) is 53.4 Å². The van der Waals surface area contributed by atoms with Gasteiger partial charge >= 0.3 is 5.97 Å². The van der Waals surface area contributed by atoms with E-state index >= 15 is 0 Å². The van der Waals surface area contributed by atoms with E-state index in [1.54, 1.807) is 30.3 Å². The number of benzene rings is 2. The largest absolute Gasteiger partial charge is 0.478 e. The SMILES string of the molecule is CCCn1nc(C)cc1CN(C)c1ccc(C(=O)O)cc1NS(=O)(=O)c1ccc(CC)cc1. The molecule has 0 spiro atoms. The number of carboxylic acids is 1. The molecule has 2 aromatic carbocycles. The summed E-state index contributed by atoms with van der Waals surface area (Å²) in [7, 11) is -2.07. The Hall–Kier alpha value is -3.33. The van der Waals surface area contributed by atoms with E-state index in [4.69, 9.17) is 0 Å². The van der Waals surface area contributed by atoms with Crippen LogP contribution in [0, 0.1) is 6.92 Å². The molecule has 9 heteroatoms. The molecule has 0 unspecified atom stereocenters. The van der Waals surface area contributed by atoms with Gasteiger partial charge in [-0.05, 0) is 61.7 Å². The quantitative estimate of drug-likeness (QED) is 0.458. The third kappa shape index (κ3) is 5.73. The Balaban J connectivity index is 1.96. The van der Waals surface area contributed by atoms with E-state index in [2.05, 4.69) is 16.7 Å². The number of carbonyl (C=O) groups is 1. The number of hydrogen-bond donors (Lipinski definition) is 2. The number of carboxylic acid groups (broad SMARTS) is 1. The van der Waals surface area contributed by atoms with Gasteiger partial charge in [-0.25, -0.2) is 13.2 Å². The molecule has 0 saturated heterocycles. The summed E-state index contributed by atoms with van der Waals surface area (Å²) in [5, 5.41) is 14.0. The van der Waals surface area contributed by atoms with Crippen molar-refractivity contribution in [2.24, 2.45) is 0 Å². The molecule has 0 fully saturated rings. The molecular weight excluding hydrogens is 440 g/mol. The highest BCUT2D eigenvalue weighted by Crippen LogP contribution is 2.30. The molecule has 0 bridgehead atoms. The molecule has 0 saturated carbocycles. The second-order valence-corrected chi connectivity index (χ2v) is 9.68. The number of sulfonamides is 1. The van der Waals surface area contributed by atoms with Crippen LogP contribution in [0.25, 0.3) is 0 Å². The third-order valence-electron chi connectivity index (χ3n) is 5.36. The fourth-order valence-corrected chi connectivity index (χ4v) is 4.72. The molecule has 0 atom stereocenters. The number of rotatable bonds is 10. The average molecular weight is 471 g/mol. The molecule has 8 nitrogen and oxygen atoms in total. The monoisotopic (exact) mass is 470 g/mol. The summed E-state index contributed by atoms with van der Waals surface area (Å²) in [6.07, 6.45) is 1.74. The first-order valence-electron chi connectivity index (χ1n) is 10.9. The number of hydrogen-bond acceptors (Lipinski definition) is 5. The Morgan fingerprint density at radius 1 is 1.12 bits per heavy atom. The summed E-state index contributed by atoms with van der Waals surface area (Å²) < 4.78 is 30.7. The lowest BCUT2D eigenvalue weighted by Gasteiger charge is -2.24. The predicted octanol–water partition coefficient (Wildman–Crippen LogP) is 4.30. The molecule has 33 heavy (non-hydrogen) atoms. The maximum Gasteiger partial charge on any atom is 0.335 e. The molecule has 3 rings (SSSR count). The Labute approximate surface area is 194 Å². The topological polar surface area (TPSA) is 105 Å². The van der Waals surface area contributed by atoms with Gasteiger partial charge in [-0.15, -0.1) is 0 Å². The smallest absolute Gasteiger partial charge is 0.335 e. The zero-order valence-corrected chi connectivity index (χ0v) is 20.2. The van der Waals surface area contributed by atoms with Crippen LogP contribution < -0.4 is 9.62 Å². The maximum atomic E-state index is 13.1. The minimum Gasteiger partial charge on any atom is -0.478 e. The average Bonchev–Trinajstić information content (AvgIpc) is 3.12. The zero-order chi connectivity index (χ0) is 24.2. The number of anilines is 2. The highest BCUT2D eigenvalue weighted by atomic mass is 32.2. The first kappa shape index (κ1) is 24.3. The van der Waals surface area contributed by atoms with Gasteiger partial charge in [0.2, 0.25) is 0 Å². The molecule has 1 heterocycles. The van der Waals surface area contributed by atoms with Crippen LogP contribution in [0.3, 0.4) is 0 Å². The molecule has 0 aliphatic rings. The molecule has 176 valence electrons. The van der Waals surface area contributed by atoms with Crippen LogP contribution in [0.2, 0.25) is 0 Å². The minimum atomic E-state index is -3.91. The van der Waals surface area contributed by atoms with Gasteiger partial charge < -0.3 is 10.0 Å². The van der Waals surface area contributed by atoms with Crippen molar-refractivity contribution in [3.8, 4) is 0 Å². The van der Waals surface area contributed by atoms with E-state index < -0.39 is 16.0 Å². The van der Waals surface area contributed by atoms with Crippen LogP contribution in [0.4, 0.5) is 11.4 Å². The van der Waals surface area contributed by atoms with Crippen LogP contribution in [0.5, 0.6) is 0 Å². The number of nitrogens with one attached hydrogen (secondary N) is 1.